The van der Waals surface area contributed by atoms with Gasteiger partial charge in [0.25, 0.3) is 0 Å². The fourth-order valence-corrected chi connectivity index (χ4v) is 2.38. The Kier molecular flexibility index (Phi) is 6.80. The van der Waals surface area contributed by atoms with Crippen molar-refractivity contribution >= 4 is 5.91 Å². The molecule has 1 rings (SSSR count). The van der Waals surface area contributed by atoms with Crippen molar-refractivity contribution in [2.75, 3.05) is 26.7 Å². The van der Waals surface area contributed by atoms with Crippen molar-refractivity contribution < 1.29 is 9.53 Å². The second kappa shape index (κ2) is 7.85. The predicted molar refractivity (Wildman–Crippen MR) is 78.1 cm³/mol. The fraction of sp³-hybridized carbons (Fsp3) is 0.933. The van der Waals surface area contributed by atoms with E-state index in [0.717, 1.165) is 32.0 Å². The molecule has 0 aromatic rings. The molecular formula is C15H30N2O2. The van der Waals surface area contributed by atoms with Gasteiger partial charge in [0.1, 0.15) is 0 Å². The highest BCUT2D eigenvalue weighted by molar-refractivity contribution is 5.78. The first kappa shape index (κ1) is 16.4. The first-order valence-electron chi connectivity index (χ1n) is 7.49. The first-order valence-corrected chi connectivity index (χ1v) is 7.49. The summed E-state index contributed by atoms with van der Waals surface area (Å²) < 4.78 is 5.57. The number of methoxy groups -OCH3 is 1. The number of likely N-dealkylation sites (tertiary alicyclic amines) is 1. The lowest BCUT2D eigenvalue weighted by atomic mass is 9.99. The Morgan fingerprint density at radius 2 is 2.05 bits per heavy atom. The largest absolute Gasteiger partial charge is 0.378 e. The second-order valence-corrected chi connectivity index (χ2v) is 6.32. The van der Waals surface area contributed by atoms with E-state index < -0.39 is 0 Å². The van der Waals surface area contributed by atoms with Gasteiger partial charge in [-0.05, 0) is 25.3 Å². The summed E-state index contributed by atoms with van der Waals surface area (Å²) in [6, 6.07) is 0.162. The van der Waals surface area contributed by atoms with Crippen molar-refractivity contribution in [3.05, 3.63) is 0 Å². The standard InChI is InChI=1S/C15H30N2O2/c1-11(2)6-8-17-9-7-13(14(10-17)19-5)16-15(18)12(3)4/h11-14H,6-10H2,1-5H3,(H,16,18)/t13-,14+/m0/s1. The Balaban J connectivity index is 2.44. The summed E-state index contributed by atoms with van der Waals surface area (Å²) in [6.45, 7) is 11.5. The maximum absolute atomic E-state index is 11.8. The van der Waals surface area contributed by atoms with Crippen molar-refractivity contribution in [1.82, 2.24) is 10.2 Å². The molecule has 0 unspecified atom stereocenters. The molecule has 1 N–H and O–H groups in total. The van der Waals surface area contributed by atoms with E-state index in [4.69, 9.17) is 4.74 Å². The zero-order valence-corrected chi connectivity index (χ0v) is 13.1. The van der Waals surface area contributed by atoms with Crippen molar-refractivity contribution in [1.29, 1.82) is 0 Å². The Hall–Kier alpha value is -0.610. The molecule has 19 heavy (non-hydrogen) atoms. The summed E-state index contributed by atoms with van der Waals surface area (Å²) in [5, 5.41) is 3.11. The number of carbonyl (C=O) groups excluding carboxylic acids is 1. The second-order valence-electron chi connectivity index (χ2n) is 6.32. The summed E-state index contributed by atoms with van der Waals surface area (Å²) in [4.78, 5) is 14.2. The zero-order chi connectivity index (χ0) is 14.4. The number of hydrogen-bond acceptors (Lipinski definition) is 3. The molecule has 1 amide bonds. The van der Waals surface area contributed by atoms with Gasteiger partial charge >= 0.3 is 0 Å². The molecule has 1 aliphatic rings. The van der Waals surface area contributed by atoms with Gasteiger partial charge in [-0.3, -0.25) is 4.79 Å². The highest BCUT2D eigenvalue weighted by Crippen LogP contribution is 2.15. The number of hydrogen-bond donors (Lipinski definition) is 1. The average molecular weight is 270 g/mol. The van der Waals surface area contributed by atoms with Crippen LogP contribution in [0.1, 0.15) is 40.5 Å². The zero-order valence-electron chi connectivity index (χ0n) is 13.1. The van der Waals surface area contributed by atoms with E-state index in [0.29, 0.717) is 0 Å². The minimum Gasteiger partial charge on any atom is -0.378 e. The molecule has 0 spiro atoms. The highest BCUT2D eigenvalue weighted by Gasteiger charge is 2.30. The minimum atomic E-state index is 0.0384. The summed E-state index contributed by atoms with van der Waals surface area (Å²) in [6.07, 6.45) is 2.32. The van der Waals surface area contributed by atoms with Crippen LogP contribution in [0.3, 0.4) is 0 Å². The van der Waals surface area contributed by atoms with Crippen LogP contribution in [-0.2, 0) is 9.53 Å². The molecule has 1 heterocycles. The maximum atomic E-state index is 11.8. The number of nitrogens with zero attached hydrogens (tertiary/aromatic N) is 1. The molecule has 0 aromatic carbocycles. The number of amides is 1. The van der Waals surface area contributed by atoms with E-state index in [9.17, 15) is 4.79 Å². The smallest absolute Gasteiger partial charge is 0.222 e. The number of nitrogens with one attached hydrogen (secondary N) is 1. The van der Waals surface area contributed by atoms with Crippen LogP contribution in [0.2, 0.25) is 0 Å². The normalized spacial score (nSPS) is 25.0. The maximum Gasteiger partial charge on any atom is 0.222 e. The van der Waals surface area contributed by atoms with E-state index in [1.165, 1.54) is 6.42 Å². The summed E-state index contributed by atoms with van der Waals surface area (Å²) in [7, 11) is 1.74. The SMILES string of the molecule is CO[C@@H]1CN(CCC(C)C)CC[C@@H]1NC(=O)C(C)C. The summed E-state index contributed by atoms with van der Waals surface area (Å²) in [5.74, 6) is 0.901. The highest BCUT2D eigenvalue weighted by atomic mass is 16.5. The predicted octanol–water partition coefficient (Wildman–Crippen LogP) is 1.89. The number of rotatable bonds is 6. The van der Waals surface area contributed by atoms with Crippen LogP contribution in [-0.4, -0.2) is 49.7 Å². The van der Waals surface area contributed by atoms with Gasteiger partial charge in [0.2, 0.25) is 5.91 Å². The van der Waals surface area contributed by atoms with Crippen LogP contribution in [0, 0.1) is 11.8 Å². The summed E-state index contributed by atoms with van der Waals surface area (Å²) in [5.41, 5.74) is 0. The number of ether oxygens (including phenoxy) is 1. The third kappa shape index (κ3) is 5.49. The van der Waals surface area contributed by atoms with Crippen LogP contribution in [0.4, 0.5) is 0 Å². The molecule has 0 aliphatic carbocycles. The van der Waals surface area contributed by atoms with E-state index in [1.54, 1.807) is 7.11 Å². The molecular weight excluding hydrogens is 240 g/mol. The van der Waals surface area contributed by atoms with Crippen molar-refractivity contribution in [2.24, 2.45) is 11.8 Å². The molecule has 1 saturated heterocycles. The molecule has 1 fully saturated rings. The third-order valence-corrected chi connectivity index (χ3v) is 3.82. The van der Waals surface area contributed by atoms with Gasteiger partial charge < -0.3 is 15.0 Å². The van der Waals surface area contributed by atoms with Crippen LogP contribution in [0.5, 0.6) is 0 Å². The number of carbonyl (C=O) groups is 1. The lowest BCUT2D eigenvalue weighted by Crippen LogP contribution is -2.55. The monoisotopic (exact) mass is 270 g/mol. The van der Waals surface area contributed by atoms with Gasteiger partial charge in [0.15, 0.2) is 0 Å². The topological polar surface area (TPSA) is 41.6 Å². The van der Waals surface area contributed by atoms with E-state index in [2.05, 4.69) is 24.1 Å². The van der Waals surface area contributed by atoms with Gasteiger partial charge in [-0.1, -0.05) is 27.7 Å². The molecule has 4 heteroatoms. The van der Waals surface area contributed by atoms with Crippen LogP contribution in [0.15, 0.2) is 0 Å². The quantitative estimate of drug-likeness (QED) is 0.801. The first-order chi connectivity index (χ1) is 8.93. The Morgan fingerprint density at radius 3 is 2.58 bits per heavy atom. The molecule has 2 atom stereocenters. The van der Waals surface area contributed by atoms with Gasteiger partial charge in [0, 0.05) is 26.1 Å². The van der Waals surface area contributed by atoms with Gasteiger partial charge in [-0.15, -0.1) is 0 Å². The molecule has 4 nitrogen and oxygen atoms in total. The lowest BCUT2D eigenvalue weighted by molar-refractivity contribution is -0.126. The minimum absolute atomic E-state index is 0.0384. The van der Waals surface area contributed by atoms with Crippen LogP contribution >= 0.6 is 0 Å². The lowest BCUT2D eigenvalue weighted by Gasteiger charge is -2.38. The molecule has 0 bridgehead atoms. The van der Waals surface area contributed by atoms with Gasteiger partial charge in [-0.2, -0.15) is 0 Å². The van der Waals surface area contributed by atoms with Crippen molar-refractivity contribution in [3.8, 4) is 0 Å². The average Bonchev–Trinajstić information content (AvgIpc) is 2.37. The fourth-order valence-electron chi connectivity index (χ4n) is 2.38. The Labute approximate surface area is 117 Å². The van der Waals surface area contributed by atoms with Crippen molar-refractivity contribution in [3.63, 3.8) is 0 Å². The number of piperidine rings is 1. The third-order valence-electron chi connectivity index (χ3n) is 3.82. The molecule has 0 radical (unpaired) electrons. The Morgan fingerprint density at radius 1 is 1.37 bits per heavy atom. The van der Waals surface area contributed by atoms with Crippen molar-refractivity contribution in [2.45, 2.75) is 52.7 Å². The van der Waals surface area contributed by atoms with E-state index in [1.807, 2.05) is 13.8 Å². The molecule has 112 valence electrons. The van der Waals surface area contributed by atoms with Gasteiger partial charge in [-0.25, -0.2) is 0 Å². The van der Waals surface area contributed by atoms with E-state index in [-0.39, 0.29) is 24.0 Å². The van der Waals surface area contributed by atoms with E-state index >= 15 is 0 Å². The molecule has 0 saturated carbocycles. The molecule has 0 aromatic heterocycles. The Bertz CT molecular complexity index is 279. The molecule has 1 aliphatic heterocycles. The summed E-state index contributed by atoms with van der Waals surface area (Å²) >= 11 is 0. The van der Waals surface area contributed by atoms with Gasteiger partial charge in [0.05, 0.1) is 12.1 Å². The van der Waals surface area contributed by atoms with Crippen LogP contribution in [0.25, 0.3) is 0 Å². The van der Waals surface area contributed by atoms with Crippen LogP contribution < -0.4 is 5.32 Å².